The van der Waals surface area contributed by atoms with E-state index in [2.05, 4.69) is 61.2 Å². The molecule has 0 aromatic rings. The number of nitrogens with one attached hydrogen (secondary N) is 1. The number of hydrogen-bond donors (Lipinski definition) is 1. The molecule has 2 heterocycles. The number of amides is 1. The lowest BCUT2D eigenvalue weighted by molar-refractivity contribution is -0.116. The van der Waals surface area contributed by atoms with Crippen LogP contribution < -0.4 is 5.32 Å². The smallest absolute Gasteiger partial charge is 0.272 e. The summed E-state index contributed by atoms with van der Waals surface area (Å²) in [4.78, 5) is 15.1. The number of rotatable bonds is 2. The Morgan fingerprint density at radius 3 is 2.52 bits per heavy atom. The van der Waals surface area contributed by atoms with Crippen molar-refractivity contribution >= 4 is 17.3 Å². The molecular weight excluding hydrogens is 288 g/mol. The van der Waals surface area contributed by atoms with Gasteiger partial charge >= 0.3 is 0 Å². The highest BCUT2D eigenvalue weighted by molar-refractivity contribution is 6.56. The number of allylic oxidation sites excluding steroid dienone is 3. The number of fused-ring (bicyclic) bond motifs is 2. The maximum absolute atomic E-state index is 12.7. The highest BCUT2D eigenvalue weighted by Gasteiger charge is 2.45. The Morgan fingerprint density at radius 2 is 1.87 bits per heavy atom. The van der Waals surface area contributed by atoms with Gasteiger partial charge in [-0.15, -0.1) is 10.2 Å². The first-order chi connectivity index (χ1) is 10.7. The van der Waals surface area contributed by atoms with Crippen molar-refractivity contribution < 1.29 is 4.79 Å². The molecule has 1 N–H and O–H groups in total. The van der Waals surface area contributed by atoms with Crippen LogP contribution in [-0.4, -0.2) is 46.4 Å². The molecule has 122 valence electrons. The monoisotopic (exact) mass is 312 g/mol. The van der Waals surface area contributed by atoms with Gasteiger partial charge in [0.25, 0.3) is 5.91 Å². The van der Waals surface area contributed by atoms with Gasteiger partial charge in [0.2, 0.25) is 0 Å². The molecule has 0 aromatic carbocycles. The number of carbonyl (C=O) groups is 1. The van der Waals surface area contributed by atoms with Crippen LogP contribution in [0.5, 0.6) is 0 Å². The summed E-state index contributed by atoms with van der Waals surface area (Å²) >= 11 is 0. The van der Waals surface area contributed by atoms with Gasteiger partial charge < -0.3 is 5.32 Å². The maximum atomic E-state index is 12.7. The van der Waals surface area contributed by atoms with Crippen LogP contribution in [0, 0.1) is 0 Å². The molecule has 5 heteroatoms. The van der Waals surface area contributed by atoms with Crippen LogP contribution in [0.25, 0.3) is 0 Å². The molecule has 0 saturated carbocycles. The summed E-state index contributed by atoms with van der Waals surface area (Å²) in [7, 11) is 2.17. The number of likely N-dealkylation sites (tertiary alicyclic amines) is 1. The van der Waals surface area contributed by atoms with Crippen LogP contribution in [0.3, 0.4) is 0 Å². The van der Waals surface area contributed by atoms with Crippen LogP contribution in [0.4, 0.5) is 0 Å². The van der Waals surface area contributed by atoms with Crippen molar-refractivity contribution in [2.24, 2.45) is 10.2 Å². The second kappa shape index (κ2) is 4.41. The standard InChI is InChI=1S/C18H24N4O/c1-17(2)8-11(9-18(3,4)22(17)5)19-16(23)15-13-7-10-6-12(10)14(13)20-21-15/h7,11H,6,8-9H2,1-5H3,(H,19,23). The fourth-order valence-corrected chi connectivity index (χ4v) is 4.27. The van der Waals surface area contributed by atoms with Crippen LogP contribution in [0.2, 0.25) is 0 Å². The third-order valence-corrected chi connectivity index (χ3v) is 5.85. The van der Waals surface area contributed by atoms with Crippen molar-refractivity contribution in [1.29, 1.82) is 0 Å². The summed E-state index contributed by atoms with van der Waals surface area (Å²) in [5, 5.41) is 11.5. The lowest BCUT2D eigenvalue weighted by Crippen LogP contribution is -2.63. The summed E-state index contributed by atoms with van der Waals surface area (Å²) < 4.78 is 0. The van der Waals surface area contributed by atoms with Gasteiger partial charge in [-0.05, 0) is 64.8 Å². The Labute approximate surface area is 137 Å². The molecule has 0 spiro atoms. The van der Waals surface area contributed by atoms with Crippen molar-refractivity contribution in [1.82, 2.24) is 10.2 Å². The van der Waals surface area contributed by atoms with Gasteiger partial charge in [-0.1, -0.05) is 0 Å². The maximum Gasteiger partial charge on any atom is 0.272 e. The van der Waals surface area contributed by atoms with E-state index >= 15 is 0 Å². The van der Waals surface area contributed by atoms with Gasteiger partial charge in [-0.2, -0.15) is 0 Å². The summed E-state index contributed by atoms with van der Waals surface area (Å²) in [6.07, 6.45) is 4.97. The summed E-state index contributed by atoms with van der Waals surface area (Å²) in [5.41, 5.74) is 5.03. The van der Waals surface area contributed by atoms with Crippen molar-refractivity contribution in [3.8, 4) is 0 Å². The Balaban J connectivity index is 1.47. The van der Waals surface area contributed by atoms with E-state index < -0.39 is 0 Å². The molecular formula is C18H24N4O. The lowest BCUT2D eigenvalue weighted by Gasteiger charge is -2.53. The second-order valence-corrected chi connectivity index (χ2v) is 8.40. The minimum Gasteiger partial charge on any atom is -0.348 e. The van der Waals surface area contributed by atoms with Crippen LogP contribution in [-0.2, 0) is 4.79 Å². The first-order valence-electron chi connectivity index (χ1n) is 8.34. The van der Waals surface area contributed by atoms with E-state index in [1.807, 2.05) is 0 Å². The zero-order chi connectivity index (χ0) is 16.6. The number of hydrogen-bond acceptors (Lipinski definition) is 4. The van der Waals surface area contributed by atoms with Gasteiger partial charge in [0.15, 0.2) is 5.71 Å². The van der Waals surface area contributed by atoms with E-state index in [0.717, 1.165) is 30.5 Å². The Bertz CT molecular complexity index is 718. The molecule has 1 fully saturated rings. The predicted octanol–water partition coefficient (Wildman–Crippen LogP) is 2.20. The molecule has 1 saturated heterocycles. The molecule has 0 unspecified atom stereocenters. The molecule has 4 rings (SSSR count). The topological polar surface area (TPSA) is 57.1 Å². The van der Waals surface area contributed by atoms with Crippen LogP contribution >= 0.6 is 0 Å². The van der Waals surface area contributed by atoms with E-state index in [0.29, 0.717) is 5.71 Å². The number of nitrogens with zero attached hydrogens (tertiary/aromatic N) is 3. The van der Waals surface area contributed by atoms with E-state index in [9.17, 15) is 4.79 Å². The zero-order valence-corrected chi connectivity index (χ0v) is 14.5. The van der Waals surface area contributed by atoms with Gasteiger partial charge in [-0.3, -0.25) is 9.69 Å². The van der Waals surface area contributed by atoms with Crippen molar-refractivity contribution in [2.45, 2.75) is 64.1 Å². The fraction of sp³-hybridized carbons (Fsp3) is 0.611. The minimum atomic E-state index is -0.0846. The molecule has 0 aromatic heterocycles. The molecule has 4 aliphatic rings. The first-order valence-corrected chi connectivity index (χ1v) is 8.34. The van der Waals surface area contributed by atoms with E-state index in [-0.39, 0.29) is 23.0 Å². The Kier molecular flexibility index (Phi) is 2.84. The molecule has 2 aliphatic heterocycles. The van der Waals surface area contributed by atoms with E-state index in [4.69, 9.17) is 0 Å². The number of carbonyl (C=O) groups excluding carboxylic acids is 1. The molecule has 23 heavy (non-hydrogen) atoms. The summed E-state index contributed by atoms with van der Waals surface area (Å²) in [6, 6.07) is 0.160. The van der Waals surface area contributed by atoms with E-state index in [1.165, 1.54) is 11.1 Å². The normalized spacial score (nSPS) is 28.0. The van der Waals surface area contributed by atoms with Crippen molar-refractivity contribution in [3.05, 3.63) is 22.8 Å². The fourth-order valence-electron chi connectivity index (χ4n) is 4.27. The third-order valence-electron chi connectivity index (χ3n) is 5.85. The summed E-state index contributed by atoms with van der Waals surface area (Å²) in [6.45, 7) is 8.95. The highest BCUT2D eigenvalue weighted by Crippen LogP contribution is 2.44. The Hall–Kier alpha value is -1.75. The van der Waals surface area contributed by atoms with E-state index in [1.54, 1.807) is 0 Å². The zero-order valence-electron chi connectivity index (χ0n) is 14.5. The van der Waals surface area contributed by atoms with Crippen LogP contribution in [0.15, 0.2) is 33.0 Å². The molecule has 2 aliphatic carbocycles. The minimum absolute atomic E-state index is 0.0544. The SMILES string of the molecule is CN1C(C)(C)CC(NC(=O)C2=NN=C3C2=CC2=C3C2)CC1(C)C. The van der Waals surface area contributed by atoms with Crippen molar-refractivity contribution in [2.75, 3.05) is 7.05 Å². The third kappa shape index (κ3) is 2.21. The molecule has 1 amide bonds. The second-order valence-electron chi connectivity index (χ2n) is 8.40. The van der Waals surface area contributed by atoms with Gasteiger partial charge in [0, 0.05) is 29.1 Å². The summed E-state index contributed by atoms with van der Waals surface area (Å²) in [5.74, 6) is -0.0846. The molecule has 0 atom stereocenters. The quantitative estimate of drug-likeness (QED) is 0.850. The van der Waals surface area contributed by atoms with Crippen molar-refractivity contribution in [3.63, 3.8) is 0 Å². The van der Waals surface area contributed by atoms with Gasteiger partial charge in [-0.25, -0.2) is 0 Å². The first kappa shape index (κ1) is 14.8. The number of piperidine rings is 1. The average Bonchev–Trinajstić information content (AvgIpc) is 2.91. The predicted molar refractivity (Wildman–Crippen MR) is 91.7 cm³/mol. The highest BCUT2D eigenvalue weighted by atomic mass is 16.2. The molecule has 0 radical (unpaired) electrons. The molecule has 0 bridgehead atoms. The Morgan fingerprint density at radius 1 is 1.22 bits per heavy atom. The molecule has 5 nitrogen and oxygen atoms in total. The van der Waals surface area contributed by atoms with Crippen LogP contribution in [0.1, 0.15) is 47.0 Å². The average molecular weight is 312 g/mol. The van der Waals surface area contributed by atoms with Gasteiger partial charge in [0.05, 0.1) is 5.71 Å². The lowest BCUT2D eigenvalue weighted by atomic mass is 9.77. The van der Waals surface area contributed by atoms with Gasteiger partial charge in [0.1, 0.15) is 0 Å². The largest absolute Gasteiger partial charge is 0.348 e.